The third kappa shape index (κ3) is 3.00. The average Bonchev–Trinajstić information content (AvgIpc) is 3.44. The Morgan fingerprint density at radius 2 is 1.74 bits per heavy atom. The van der Waals surface area contributed by atoms with Crippen LogP contribution in [0, 0.1) is 11.3 Å². The van der Waals surface area contributed by atoms with Crippen molar-refractivity contribution in [2.24, 2.45) is 11.3 Å². The summed E-state index contributed by atoms with van der Waals surface area (Å²) in [4.78, 5) is 26.4. The first kappa shape index (κ1) is 19.7. The van der Waals surface area contributed by atoms with E-state index in [-0.39, 0.29) is 34.7 Å². The van der Waals surface area contributed by atoms with Crippen LogP contribution < -0.4 is 0 Å². The van der Waals surface area contributed by atoms with Crippen LogP contribution in [0.15, 0.2) is 46.9 Å². The summed E-state index contributed by atoms with van der Waals surface area (Å²) < 4.78 is 0. The first-order valence-electron chi connectivity index (χ1n) is 9.52. The number of carbonyl (C=O) groups is 2. The van der Waals surface area contributed by atoms with Gasteiger partial charge in [0.25, 0.3) is 0 Å². The highest BCUT2D eigenvalue weighted by atomic mass is 35.5. The molecule has 0 saturated heterocycles. The fraction of sp³-hybridized carbons (Fsp3) is 0.455. The zero-order valence-corrected chi connectivity index (χ0v) is 16.6. The topological polar surface area (TPSA) is 74.6 Å². The number of rotatable bonds is 6. The highest BCUT2D eigenvalue weighted by molar-refractivity contribution is 6.30. The summed E-state index contributed by atoms with van der Waals surface area (Å²) in [5.74, 6) is -1.49. The molecule has 0 amide bonds. The molecule has 2 aliphatic carbocycles. The van der Waals surface area contributed by atoms with Gasteiger partial charge in [0, 0.05) is 16.5 Å². The summed E-state index contributed by atoms with van der Waals surface area (Å²) in [6.45, 7) is 5.44. The highest BCUT2D eigenvalue weighted by Gasteiger charge is 2.53. The number of Topliss-reactive ketones (excluding diaryl/α,β-unsaturated/α-hetero) is 2. The molecule has 1 unspecified atom stereocenters. The number of aliphatic hydroxyl groups is 2. The molecule has 0 spiro atoms. The normalized spacial score (nSPS) is 24.4. The molecule has 5 heteroatoms. The van der Waals surface area contributed by atoms with Crippen molar-refractivity contribution in [1.29, 1.82) is 0 Å². The van der Waals surface area contributed by atoms with E-state index in [9.17, 15) is 19.8 Å². The standard InChI is InChI=1S/C22H25ClO4/c1-4-14-18(24)17(21(27)22(5-2,6-3)20(14)26)19(25)16-11-15(16)12-7-9-13(23)10-8-12/h7-10,15-16,24,26H,4-6,11H2,1-3H3/t15-,16?/m1/s1. The van der Waals surface area contributed by atoms with Crippen LogP contribution >= 0.6 is 11.6 Å². The fourth-order valence-electron chi connectivity index (χ4n) is 4.22. The van der Waals surface area contributed by atoms with Gasteiger partial charge >= 0.3 is 0 Å². The zero-order chi connectivity index (χ0) is 19.9. The predicted octanol–water partition coefficient (Wildman–Crippen LogP) is 5.44. The van der Waals surface area contributed by atoms with Crippen LogP contribution in [0.5, 0.6) is 0 Å². The van der Waals surface area contributed by atoms with Crippen LogP contribution in [0.4, 0.5) is 0 Å². The van der Waals surface area contributed by atoms with Gasteiger partial charge in [0.1, 0.15) is 17.1 Å². The van der Waals surface area contributed by atoms with Gasteiger partial charge in [-0.05, 0) is 49.3 Å². The van der Waals surface area contributed by atoms with E-state index in [0.29, 0.717) is 36.3 Å². The molecule has 1 fully saturated rings. The first-order valence-corrected chi connectivity index (χ1v) is 9.90. The van der Waals surface area contributed by atoms with E-state index in [4.69, 9.17) is 11.6 Å². The van der Waals surface area contributed by atoms with E-state index < -0.39 is 11.2 Å². The average molecular weight is 389 g/mol. The lowest BCUT2D eigenvalue weighted by Gasteiger charge is -2.35. The number of halogens is 1. The van der Waals surface area contributed by atoms with E-state index in [2.05, 4.69) is 0 Å². The van der Waals surface area contributed by atoms with E-state index in [1.165, 1.54) is 0 Å². The zero-order valence-electron chi connectivity index (χ0n) is 15.9. The Hall–Kier alpha value is -2.07. The lowest BCUT2D eigenvalue weighted by atomic mass is 9.67. The third-order valence-corrected chi connectivity index (χ3v) is 6.41. The molecule has 144 valence electrons. The molecule has 1 aromatic rings. The van der Waals surface area contributed by atoms with Crippen molar-refractivity contribution in [2.45, 2.75) is 52.4 Å². The van der Waals surface area contributed by atoms with Crippen molar-refractivity contribution in [3.05, 3.63) is 57.5 Å². The van der Waals surface area contributed by atoms with Gasteiger partial charge in [0.15, 0.2) is 11.6 Å². The van der Waals surface area contributed by atoms with Crippen molar-refractivity contribution < 1.29 is 19.8 Å². The Kier molecular flexibility index (Phi) is 5.22. The molecule has 0 heterocycles. The minimum Gasteiger partial charge on any atom is -0.511 e. The fourth-order valence-corrected chi connectivity index (χ4v) is 4.35. The Balaban J connectivity index is 1.97. The van der Waals surface area contributed by atoms with Gasteiger partial charge in [-0.15, -0.1) is 0 Å². The minimum absolute atomic E-state index is 0.0325. The second-order valence-electron chi connectivity index (χ2n) is 7.39. The molecule has 2 atom stereocenters. The number of allylic oxidation sites excluding steroid dienone is 3. The Morgan fingerprint density at radius 3 is 2.26 bits per heavy atom. The molecule has 1 saturated carbocycles. The lowest BCUT2D eigenvalue weighted by Crippen LogP contribution is -2.40. The SMILES string of the molecule is CCC1=C(O)C(CC)(CC)C(=O)C(C(=O)C2C[C@@H]2c2ccc(Cl)cc2)=C1O. The smallest absolute Gasteiger partial charge is 0.183 e. The van der Waals surface area contributed by atoms with Crippen LogP contribution in [0.25, 0.3) is 0 Å². The molecule has 3 rings (SSSR count). The van der Waals surface area contributed by atoms with Gasteiger partial charge in [-0.3, -0.25) is 9.59 Å². The van der Waals surface area contributed by atoms with Crippen LogP contribution in [0.1, 0.15) is 57.9 Å². The van der Waals surface area contributed by atoms with Gasteiger partial charge in [-0.1, -0.05) is 44.5 Å². The summed E-state index contributed by atoms with van der Waals surface area (Å²) in [6, 6.07) is 7.36. The molecule has 0 radical (unpaired) electrons. The van der Waals surface area contributed by atoms with E-state index in [1.807, 2.05) is 26.0 Å². The maximum absolute atomic E-state index is 13.2. The van der Waals surface area contributed by atoms with Crippen molar-refractivity contribution >= 4 is 23.2 Å². The summed E-state index contributed by atoms with van der Waals surface area (Å²) in [5, 5.41) is 21.9. The van der Waals surface area contributed by atoms with Crippen LogP contribution in [-0.4, -0.2) is 21.8 Å². The van der Waals surface area contributed by atoms with E-state index >= 15 is 0 Å². The Morgan fingerprint density at radius 1 is 1.15 bits per heavy atom. The molecule has 0 aromatic heterocycles. The highest BCUT2D eigenvalue weighted by Crippen LogP contribution is 2.52. The van der Waals surface area contributed by atoms with E-state index in [0.717, 1.165) is 5.56 Å². The van der Waals surface area contributed by atoms with Crippen molar-refractivity contribution in [3.63, 3.8) is 0 Å². The number of ketones is 2. The molecule has 0 aliphatic heterocycles. The van der Waals surface area contributed by atoms with Crippen LogP contribution in [0.3, 0.4) is 0 Å². The van der Waals surface area contributed by atoms with Crippen molar-refractivity contribution in [2.75, 3.05) is 0 Å². The van der Waals surface area contributed by atoms with Crippen molar-refractivity contribution in [1.82, 2.24) is 0 Å². The van der Waals surface area contributed by atoms with Gasteiger partial charge in [-0.2, -0.15) is 0 Å². The Bertz CT molecular complexity index is 844. The molecule has 2 N–H and O–H groups in total. The van der Waals surface area contributed by atoms with Gasteiger partial charge < -0.3 is 10.2 Å². The van der Waals surface area contributed by atoms with Crippen LogP contribution in [0.2, 0.25) is 5.02 Å². The molecular weight excluding hydrogens is 364 g/mol. The number of hydrogen-bond acceptors (Lipinski definition) is 4. The predicted molar refractivity (Wildman–Crippen MR) is 105 cm³/mol. The minimum atomic E-state index is -1.12. The summed E-state index contributed by atoms with van der Waals surface area (Å²) in [5.41, 5.74) is 0.0698. The number of hydrogen-bond donors (Lipinski definition) is 2. The summed E-state index contributed by atoms with van der Waals surface area (Å²) in [6.07, 6.45) is 1.77. The number of benzene rings is 1. The second kappa shape index (κ2) is 7.16. The third-order valence-electron chi connectivity index (χ3n) is 6.16. The largest absolute Gasteiger partial charge is 0.511 e. The van der Waals surface area contributed by atoms with Gasteiger partial charge in [0.05, 0.1) is 5.41 Å². The maximum atomic E-state index is 13.2. The first-order chi connectivity index (χ1) is 12.8. The van der Waals surface area contributed by atoms with Gasteiger partial charge in [-0.25, -0.2) is 0 Å². The molecule has 27 heavy (non-hydrogen) atoms. The quantitative estimate of drug-likeness (QED) is 0.636. The molecule has 2 aliphatic rings. The number of carbonyl (C=O) groups excluding carboxylic acids is 2. The van der Waals surface area contributed by atoms with E-state index in [1.54, 1.807) is 19.1 Å². The second-order valence-corrected chi connectivity index (χ2v) is 7.82. The number of aliphatic hydroxyl groups excluding tert-OH is 2. The molecule has 4 nitrogen and oxygen atoms in total. The monoisotopic (exact) mass is 388 g/mol. The molecule has 0 bridgehead atoms. The lowest BCUT2D eigenvalue weighted by molar-refractivity contribution is -0.129. The molecular formula is C22H25ClO4. The van der Waals surface area contributed by atoms with Crippen molar-refractivity contribution in [3.8, 4) is 0 Å². The van der Waals surface area contributed by atoms with Gasteiger partial charge in [0.2, 0.25) is 0 Å². The maximum Gasteiger partial charge on any atom is 0.183 e. The van der Waals surface area contributed by atoms with Crippen LogP contribution in [-0.2, 0) is 9.59 Å². The molecule has 1 aromatic carbocycles. The Labute approximate surface area is 164 Å². The summed E-state index contributed by atoms with van der Waals surface area (Å²) >= 11 is 5.92. The summed E-state index contributed by atoms with van der Waals surface area (Å²) in [7, 11) is 0.